The summed E-state index contributed by atoms with van der Waals surface area (Å²) in [4.78, 5) is 20.8. The molecule has 0 aliphatic carbocycles. The van der Waals surface area contributed by atoms with E-state index in [4.69, 9.17) is 0 Å². The van der Waals surface area contributed by atoms with Gasteiger partial charge in [-0.2, -0.15) is 0 Å². The third kappa shape index (κ3) is 1.69. The Hall–Kier alpha value is -2.04. The minimum absolute atomic E-state index is 0.544. The van der Waals surface area contributed by atoms with Gasteiger partial charge < -0.3 is 10.1 Å². The van der Waals surface area contributed by atoms with Crippen LogP contribution in [0.4, 0.5) is 4.79 Å². The topological polar surface area (TPSA) is 69.2 Å². The number of aryl methyl sites for hydroxylation is 1. The molecule has 2 N–H and O–H groups in total. The molecule has 0 spiro atoms. The van der Waals surface area contributed by atoms with Gasteiger partial charge in [0.2, 0.25) is 0 Å². The first-order chi connectivity index (χ1) is 9.02. The quantitative estimate of drug-likeness (QED) is 0.827. The lowest BCUT2D eigenvalue weighted by atomic mass is 9.98. The largest absolute Gasteiger partial charge is 0.465 e. The zero-order chi connectivity index (χ0) is 13.6. The van der Waals surface area contributed by atoms with E-state index >= 15 is 0 Å². The molecule has 1 atom stereocenters. The van der Waals surface area contributed by atoms with Gasteiger partial charge in [0.1, 0.15) is 11.4 Å². The molecule has 1 aromatic carbocycles. The second kappa shape index (κ2) is 3.98. The first-order valence-electron chi connectivity index (χ1n) is 6.49. The van der Waals surface area contributed by atoms with E-state index in [0.29, 0.717) is 6.54 Å². The molecule has 1 fully saturated rings. The standard InChI is InChI=1S/C14H17N3O2/c1-9-5-3-6-10-11(9)16-12(15-10)14(2)7-4-8-17(14)13(18)19/h3,5-6H,4,7-8H2,1-2H3,(H,15,16)(H,18,19)/t14-/m0/s1. The number of benzene rings is 1. The minimum atomic E-state index is -0.878. The molecule has 1 aliphatic rings. The Bertz CT molecular complexity index is 649. The van der Waals surface area contributed by atoms with E-state index in [2.05, 4.69) is 9.97 Å². The molecule has 0 unspecified atom stereocenters. The summed E-state index contributed by atoms with van der Waals surface area (Å²) < 4.78 is 0. The maximum atomic E-state index is 11.4. The predicted octanol–water partition coefficient (Wildman–Crippen LogP) is 2.86. The average Bonchev–Trinajstić information content (AvgIpc) is 2.94. The summed E-state index contributed by atoms with van der Waals surface area (Å²) in [6, 6.07) is 5.97. The van der Waals surface area contributed by atoms with Crippen LogP contribution >= 0.6 is 0 Å². The van der Waals surface area contributed by atoms with Gasteiger partial charge in [-0.3, -0.25) is 4.90 Å². The Balaban J connectivity index is 2.13. The highest BCUT2D eigenvalue weighted by Crippen LogP contribution is 2.37. The fraction of sp³-hybridized carbons (Fsp3) is 0.429. The van der Waals surface area contributed by atoms with E-state index in [-0.39, 0.29) is 0 Å². The van der Waals surface area contributed by atoms with E-state index in [1.807, 2.05) is 32.0 Å². The number of rotatable bonds is 1. The lowest BCUT2D eigenvalue weighted by Crippen LogP contribution is -2.42. The Labute approximate surface area is 111 Å². The zero-order valence-corrected chi connectivity index (χ0v) is 11.1. The number of nitrogens with zero attached hydrogens (tertiary/aromatic N) is 2. The van der Waals surface area contributed by atoms with Crippen LogP contribution in [-0.4, -0.2) is 32.6 Å². The van der Waals surface area contributed by atoms with Crippen LogP contribution in [0.15, 0.2) is 18.2 Å². The predicted molar refractivity (Wildman–Crippen MR) is 72.1 cm³/mol. The van der Waals surface area contributed by atoms with Crippen molar-refractivity contribution in [2.75, 3.05) is 6.54 Å². The molecule has 1 aliphatic heterocycles. The van der Waals surface area contributed by atoms with Gasteiger partial charge in [-0.05, 0) is 38.3 Å². The maximum absolute atomic E-state index is 11.4. The first kappa shape index (κ1) is 12.0. The van der Waals surface area contributed by atoms with Crippen molar-refractivity contribution in [2.24, 2.45) is 0 Å². The van der Waals surface area contributed by atoms with Gasteiger partial charge in [0.25, 0.3) is 0 Å². The average molecular weight is 259 g/mol. The number of carbonyl (C=O) groups is 1. The van der Waals surface area contributed by atoms with Gasteiger partial charge >= 0.3 is 6.09 Å². The van der Waals surface area contributed by atoms with Crippen molar-refractivity contribution < 1.29 is 9.90 Å². The van der Waals surface area contributed by atoms with Crippen molar-refractivity contribution in [2.45, 2.75) is 32.2 Å². The molecule has 3 rings (SSSR count). The summed E-state index contributed by atoms with van der Waals surface area (Å²) >= 11 is 0. The minimum Gasteiger partial charge on any atom is -0.465 e. The number of carboxylic acid groups (broad SMARTS) is 1. The third-order valence-corrected chi connectivity index (χ3v) is 4.10. The number of aromatic nitrogens is 2. The van der Waals surface area contributed by atoms with Crippen molar-refractivity contribution in [3.05, 3.63) is 29.6 Å². The fourth-order valence-corrected chi connectivity index (χ4v) is 2.95. The number of hydrogen-bond donors (Lipinski definition) is 2. The number of hydrogen-bond acceptors (Lipinski definition) is 2. The molecule has 2 aromatic rings. The van der Waals surface area contributed by atoms with E-state index in [1.165, 1.54) is 4.90 Å². The van der Waals surface area contributed by atoms with Crippen LogP contribution in [0.5, 0.6) is 0 Å². The molecular formula is C14H17N3O2. The summed E-state index contributed by atoms with van der Waals surface area (Å²) in [5.41, 5.74) is 2.45. The lowest BCUT2D eigenvalue weighted by Gasteiger charge is -2.31. The molecule has 1 saturated heterocycles. The van der Waals surface area contributed by atoms with E-state index < -0.39 is 11.6 Å². The molecule has 0 radical (unpaired) electrons. The van der Waals surface area contributed by atoms with Crippen LogP contribution in [0.1, 0.15) is 31.2 Å². The van der Waals surface area contributed by atoms with Gasteiger partial charge in [0.05, 0.1) is 11.0 Å². The SMILES string of the molecule is Cc1cccc2[nH]c([C@]3(C)CCCN3C(=O)O)nc12. The molecule has 0 saturated carbocycles. The smallest absolute Gasteiger partial charge is 0.408 e. The highest BCUT2D eigenvalue weighted by atomic mass is 16.4. The molecule has 5 nitrogen and oxygen atoms in total. The number of nitrogens with one attached hydrogen (secondary N) is 1. The molecule has 1 amide bonds. The second-order valence-electron chi connectivity index (χ2n) is 5.37. The Morgan fingerprint density at radius 1 is 1.53 bits per heavy atom. The number of amides is 1. The second-order valence-corrected chi connectivity index (χ2v) is 5.37. The highest BCUT2D eigenvalue weighted by Gasteiger charge is 2.43. The summed E-state index contributed by atoms with van der Waals surface area (Å²) in [5.74, 6) is 0.747. The number of aromatic amines is 1. The maximum Gasteiger partial charge on any atom is 0.408 e. The van der Waals surface area contributed by atoms with Crippen molar-refractivity contribution in [3.63, 3.8) is 0 Å². The van der Waals surface area contributed by atoms with E-state index in [0.717, 1.165) is 35.3 Å². The van der Waals surface area contributed by atoms with Gasteiger partial charge in [0.15, 0.2) is 0 Å². The van der Waals surface area contributed by atoms with Crippen molar-refractivity contribution in [1.29, 1.82) is 0 Å². The molecule has 5 heteroatoms. The molecular weight excluding hydrogens is 242 g/mol. The van der Waals surface area contributed by atoms with E-state index in [9.17, 15) is 9.90 Å². The Kier molecular flexibility index (Phi) is 2.52. The molecule has 2 heterocycles. The summed E-state index contributed by atoms with van der Waals surface area (Å²) in [5, 5.41) is 9.32. The van der Waals surface area contributed by atoms with Crippen molar-refractivity contribution in [1.82, 2.24) is 14.9 Å². The number of fused-ring (bicyclic) bond motifs is 1. The molecule has 1 aromatic heterocycles. The molecule has 19 heavy (non-hydrogen) atoms. The normalized spacial score (nSPS) is 23.2. The van der Waals surface area contributed by atoms with Crippen molar-refractivity contribution in [3.8, 4) is 0 Å². The molecule has 100 valence electrons. The fourth-order valence-electron chi connectivity index (χ4n) is 2.95. The van der Waals surface area contributed by atoms with E-state index in [1.54, 1.807) is 0 Å². The highest BCUT2D eigenvalue weighted by molar-refractivity contribution is 5.79. The van der Waals surface area contributed by atoms with Crippen LogP contribution in [0.3, 0.4) is 0 Å². The monoisotopic (exact) mass is 259 g/mol. The lowest BCUT2D eigenvalue weighted by molar-refractivity contribution is 0.106. The number of imidazole rings is 1. The number of likely N-dealkylation sites (tertiary alicyclic amines) is 1. The number of H-pyrrole nitrogens is 1. The number of para-hydroxylation sites is 1. The zero-order valence-electron chi connectivity index (χ0n) is 11.1. The summed E-state index contributed by atoms with van der Waals surface area (Å²) in [6.07, 6.45) is 0.800. The van der Waals surface area contributed by atoms with Crippen LogP contribution in [0, 0.1) is 6.92 Å². The Morgan fingerprint density at radius 2 is 2.32 bits per heavy atom. The van der Waals surface area contributed by atoms with Gasteiger partial charge in [0, 0.05) is 6.54 Å². The summed E-state index contributed by atoms with van der Waals surface area (Å²) in [7, 11) is 0. The van der Waals surface area contributed by atoms with Crippen LogP contribution in [0.25, 0.3) is 11.0 Å². The summed E-state index contributed by atoms with van der Waals surface area (Å²) in [6.45, 7) is 4.53. The van der Waals surface area contributed by atoms with Crippen LogP contribution < -0.4 is 0 Å². The van der Waals surface area contributed by atoms with Crippen LogP contribution in [0.2, 0.25) is 0 Å². The van der Waals surface area contributed by atoms with Gasteiger partial charge in [-0.25, -0.2) is 9.78 Å². The first-order valence-corrected chi connectivity index (χ1v) is 6.49. The van der Waals surface area contributed by atoms with Crippen LogP contribution in [-0.2, 0) is 5.54 Å². The molecule has 0 bridgehead atoms. The van der Waals surface area contributed by atoms with Gasteiger partial charge in [-0.15, -0.1) is 0 Å². The third-order valence-electron chi connectivity index (χ3n) is 4.10. The Morgan fingerprint density at radius 3 is 3.00 bits per heavy atom. The van der Waals surface area contributed by atoms with Crippen molar-refractivity contribution >= 4 is 17.1 Å². The van der Waals surface area contributed by atoms with Gasteiger partial charge in [-0.1, -0.05) is 12.1 Å².